The van der Waals surface area contributed by atoms with Gasteiger partial charge in [-0.3, -0.25) is 0 Å². The van der Waals surface area contributed by atoms with E-state index in [1.165, 1.54) is 6.07 Å². The summed E-state index contributed by atoms with van der Waals surface area (Å²) in [6, 6.07) is 11.0. The van der Waals surface area contributed by atoms with Gasteiger partial charge in [-0.25, -0.2) is 4.79 Å². The Morgan fingerprint density at radius 3 is 2.53 bits per heavy atom. The number of carboxylic acid groups (broad SMARTS) is 1. The number of aromatic nitrogens is 2. The lowest BCUT2D eigenvalue weighted by Gasteiger charge is -2.00. The van der Waals surface area contributed by atoms with Crippen LogP contribution in [0, 0.1) is 0 Å². The molecule has 0 aliphatic heterocycles. The zero-order chi connectivity index (χ0) is 10.7. The fourth-order valence-corrected chi connectivity index (χ4v) is 1.26. The Labute approximate surface area is 86.2 Å². The summed E-state index contributed by atoms with van der Waals surface area (Å²) in [4.78, 5) is 10.7. The van der Waals surface area contributed by atoms with Crippen LogP contribution >= 0.6 is 0 Å². The van der Waals surface area contributed by atoms with E-state index in [4.69, 9.17) is 5.11 Å². The third kappa shape index (κ3) is 1.99. The summed E-state index contributed by atoms with van der Waals surface area (Å²) < 4.78 is 0. The minimum atomic E-state index is -1.07. The Morgan fingerprint density at radius 2 is 1.87 bits per heavy atom. The fourth-order valence-electron chi connectivity index (χ4n) is 1.26. The van der Waals surface area contributed by atoms with Crippen LogP contribution in [0.5, 0.6) is 0 Å². The number of benzene rings is 1. The third-order valence-electron chi connectivity index (χ3n) is 1.98. The molecule has 0 bridgehead atoms. The second-order valence-corrected chi connectivity index (χ2v) is 3.00. The number of aromatic carboxylic acids is 1. The largest absolute Gasteiger partial charge is 0.476 e. The number of rotatable bonds is 2. The average Bonchev–Trinajstić information content (AvgIpc) is 2.30. The second kappa shape index (κ2) is 3.88. The molecule has 0 spiro atoms. The minimum absolute atomic E-state index is 0.0450. The molecule has 0 amide bonds. The van der Waals surface area contributed by atoms with Crippen molar-refractivity contribution in [2.24, 2.45) is 0 Å². The molecule has 0 saturated carbocycles. The van der Waals surface area contributed by atoms with Gasteiger partial charge in [-0.1, -0.05) is 30.3 Å². The summed E-state index contributed by atoms with van der Waals surface area (Å²) in [5, 5.41) is 15.9. The summed E-state index contributed by atoms with van der Waals surface area (Å²) in [7, 11) is 0. The molecule has 2 aromatic rings. The fraction of sp³-hybridized carbons (Fsp3) is 0. The van der Waals surface area contributed by atoms with Gasteiger partial charge in [0.15, 0.2) is 5.69 Å². The zero-order valence-corrected chi connectivity index (χ0v) is 7.79. The van der Waals surface area contributed by atoms with Crippen LogP contribution in [-0.4, -0.2) is 21.3 Å². The van der Waals surface area contributed by atoms with Gasteiger partial charge in [-0.15, -0.1) is 5.10 Å². The van der Waals surface area contributed by atoms with Crippen molar-refractivity contribution in [3.05, 3.63) is 48.3 Å². The van der Waals surface area contributed by atoms with Gasteiger partial charge in [-0.2, -0.15) is 5.10 Å². The maximum atomic E-state index is 10.7. The highest BCUT2D eigenvalue weighted by Gasteiger charge is 2.06. The molecule has 0 fully saturated rings. The van der Waals surface area contributed by atoms with Gasteiger partial charge in [0.1, 0.15) is 0 Å². The summed E-state index contributed by atoms with van der Waals surface area (Å²) in [6.07, 6.45) is 1.54. The molecule has 0 aliphatic rings. The van der Waals surface area contributed by atoms with E-state index >= 15 is 0 Å². The molecule has 1 heterocycles. The zero-order valence-electron chi connectivity index (χ0n) is 7.79. The van der Waals surface area contributed by atoms with Gasteiger partial charge >= 0.3 is 5.97 Å². The molecule has 0 aliphatic carbocycles. The first-order chi connectivity index (χ1) is 7.27. The molecule has 2 rings (SSSR count). The van der Waals surface area contributed by atoms with Crippen molar-refractivity contribution in [1.82, 2.24) is 10.2 Å². The van der Waals surface area contributed by atoms with E-state index in [1.807, 2.05) is 30.3 Å². The summed E-state index contributed by atoms with van der Waals surface area (Å²) in [5.41, 5.74) is 1.63. The highest BCUT2D eigenvalue weighted by Crippen LogP contribution is 2.17. The maximum Gasteiger partial charge on any atom is 0.356 e. The Bertz CT molecular complexity index is 483. The van der Waals surface area contributed by atoms with Crippen LogP contribution in [-0.2, 0) is 0 Å². The topological polar surface area (TPSA) is 63.1 Å². The lowest BCUT2D eigenvalue weighted by Crippen LogP contribution is -2.01. The molecule has 74 valence electrons. The van der Waals surface area contributed by atoms with Crippen LogP contribution in [0.4, 0.5) is 0 Å². The standard InChI is InChI=1S/C11H8N2O2/c14-11(15)10-6-9(7-12-13-10)8-4-2-1-3-5-8/h1-7H,(H,14,15). The first kappa shape index (κ1) is 9.33. The van der Waals surface area contributed by atoms with Crippen molar-refractivity contribution in [3.63, 3.8) is 0 Å². The van der Waals surface area contributed by atoms with Gasteiger partial charge < -0.3 is 5.11 Å². The van der Waals surface area contributed by atoms with Crippen LogP contribution in [0.3, 0.4) is 0 Å². The number of carbonyl (C=O) groups is 1. The molecule has 0 atom stereocenters. The number of carboxylic acids is 1. The Hall–Kier alpha value is -2.23. The van der Waals surface area contributed by atoms with Crippen LogP contribution in [0.2, 0.25) is 0 Å². The molecule has 1 aromatic heterocycles. The predicted molar refractivity (Wildman–Crippen MR) is 54.4 cm³/mol. The highest BCUT2D eigenvalue weighted by molar-refractivity contribution is 5.86. The predicted octanol–water partition coefficient (Wildman–Crippen LogP) is 1.84. The van der Waals surface area contributed by atoms with Crippen LogP contribution < -0.4 is 0 Å². The third-order valence-corrected chi connectivity index (χ3v) is 1.98. The molecule has 0 radical (unpaired) electrons. The van der Waals surface area contributed by atoms with Crippen molar-refractivity contribution in [2.75, 3.05) is 0 Å². The van der Waals surface area contributed by atoms with Crippen LogP contribution in [0.25, 0.3) is 11.1 Å². The number of hydrogen-bond donors (Lipinski definition) is 1. The van der Waals surface area contributed by atoms with Gasteiger partial charge in [0.25, 0.3) is 0 Å². The molecular weight excluding hydrogens is 192 g/mol. The van der Waals surface area contributed by atoms with Crippen LogP contribution in [0.15, 0.2) is 42.6 Å². The lowest BCUT2D eigenvalue weighted by molar-refractivity contribution is 0.0689. The molecule has 0 saturated heterocycles. The number of hydrogen-bond acceptors (Lipinski definition) is 3. The monoisotopic (exact) mass is 200 g/mol. The second-order valence-electron chi connectivity index (χ2n) is 3.00. The Morgan fingerprint density at radius 1 is 1.13 bits per heavy atom. The molecule has 4 nitrogen and oxygen atoms in total. The molecule has 15 heavy (non-hydrogen) atoms. The van der Waals surface area contributed by atoms with Gasteiger partial charge in [0.05, 0.1) is 6.20 Å². The van der Waals surface area contributed by atoms with E-state index in [9.17, 15) is 4.79 Å². The van der Waals surface area contributed by atoms with Gasteiger partial charge in [-0.05, 0) is 11.6 Å². The van der Waals surface area contributed by atoms with E-state index in [1.54, 1.807) is 6.20 Å². The van der Waals surface area contributed by atoms with E-state index in [-0.39, 0.29) is 5.69 Å². The Kier molecular flexibility index (Phi) is 2.41. The van der Waals surface area contributed by atoms with Crippen LogP contribution in [0.1, 0.15) is 10.5 Å². The average molecular weight is 200 g/mol. The van der Waals surface area contributed by atoms with Gasteiger partial charge in [0.2, 0.25) is 0 Å². The van der Waals surface area contributed by atoms with Crippen molar-refractivity contribution < 1.29 is 9.90 Å². The molecule has 1 aromatic carbocycles. The molecule has 0 unspecified atom stereocenters. The minimum Gasteiger partial charge on any atom is -0.476 e. The van der Waals surface area contributed by atoms with E-state index < -0.39 is 5.97 Å². The quantitative estimate of drug-likeness (QED) is 0.803. The summed E-state index contributed by atoms with van der Waals surface area (Å²) in [5.74, 6) is -1.07. The first-order valence-corrected chi connectivity index (χ1v) is 4.39. The van der Waals surface area contributed by atoms with Crippen molar-refractivity contribution in [2.45, 2.75) is 0 Å². The summed E-state index contributed by atoms with van der Waals surface area (Å²) in [6.45, 7) is 0. The van der Waals surface area contributed by atoms with E-state index in [0.717, 1.165) is 11.1 Å². The normalized spacial score (nSPS) is 9.87. The van der Waals surface area contributed by atoms with Gasteiger partial charge in [0, 0.05) is 5.56 Å². The summed E-state index contributed by atoms with van der Waals surface area (Å²) >= 11 is 0. The smallest absolute Gasteiger partial charge is 0.356 e. The highest BCUT2D eigenvalue weighted by atomic mass is 16.4. The molecule has 4 heteroatoms. The SMILES string of the molecule is O=C(O)c1cc(-c2ccccc2)cnn1. The van der Waals surface area contributed by atoms with Crippen molar-refractivity contribution in [1.29, 1.82) is 0 Å². The first-order valence-electron chi connectivity index (χ1n) is 4.39. The Balaban J connectivity index is 2.46. The van der Waals surface area contributed by atoms with E-state index in [0.29, 0.717) is 0 Å². The van der Waals surface area contributed by atoms with Crippen molar-refractivity contribution >= 4 is 5.97 Å². The molecular formula is C11H8N2O2. The lowest BCUT2D eigenvalue weighted by atomic mass is 10.1. The van der Waals surface area contributed by atoms with E-state index in [2.05, 4.69) is 10.2 Å². The number of nitrogens with zero attached hydrogens (tertiary/aromatic N) is 2. The molecule has 1 N–H and O–H groups in total. The maximum absolute atomic E-state index is 10.7. The van der Waals surface area contributed by atoms with Crippen molar-refractivity contribution in [3.8, 4) is 11.1 Å².